The van der Waals surface area contributed by atoms with Crippen molar-refractivity contribution < 1.29 is 28.2 Å². The van der Waals surface area contributed by atoms with Gasteiger partial charge in [-0.05, 0) is 48.0 Å². The number of carbonyl (C=O) groups is 2. The average molecular weight is 485 g/mol. The van der Waals surface area contributed by atoms with Crippen molar-refractivity contribution in [2.24, 2.45) is 0 Å². The molecule has 0 spiro atoms. The van der Waals surface area contributed by atoms with E-state index in [0.717, 1.165) is 5.56 Å². The number of hydrogen-bond donors (Lipinski definition) is 0. The highest BCUT2D eigenvalue weighted by Gasteiger charge is 2.24. The van der Waals surface area contributed by atoms with Crippen molar-refractivity contribution in [1.29, 1.82) is 0 Å². The minimum absolute atomic E-state index is 0.125. The highest BCUT2D eigenvalue weighted by Crippen LogP contribution is 2.33. The number of carbonyl (C=O) groups excluding carboxylic acids is 2. The molecule has 9 heteroatoms. The molecule has 1 aliphatic rings. The number of furan rings is 1. The smallest absolute Gasteiger partial charge is 0.254 e. The molecule has 0 unspecified atom stereocenters. The fourth-order valence-electron chi connectivity index (χ4n) is 3.60. The van der Waals surface area contributed by atoms with Crippen LogP contribution in [-0.4, -0.2) is 55.2 Å². The first-order valence-corrected chi connectivity index (χ1v) is 11.1. The summed E-state index contributed by atoms with van der Waals surface area (Å²) < 4.78 is 21.5. The van der Waals surface area contributed by atoms with Crippen molar-refractivity contribution in [3.63, 3.8) is 0 Å². The third kappa shape index (κ3) is 5.89. The second kappa shape index (κ2) is 11.1. The molecular formula is C25H25ClN2O6. The molecule has 4 rings (SSSR count). The lowest BCUT2D eigenvalue weighted by molar-refractivity contribution is -0.133. The Kier molecular flexibility index (Phi) is 7.72. The second-order valence-electron chi connectivity index (χ2n) is 7.75. The zero-order valence-corrected chi connectivity index (χ0v) is 19.5. The predicted molar refractivity (Wildman–Crippen MR) is 125 cm³/mol. The van der Waals surface area contributed by atoms with E-state index in [1.165, 1.54) is 4.90 Å². The molecule has 3 aromatic rings. The van der Waals surface area contributed by atoms with Crippen LogP contribution in [0.2, 0.25) is 5.02 Å². The minimum Gasteiger partial charge on any atom is -0.467 e. The number of rotatable bonds is 10. The number of benzene rings is 2. The standard InChI is InChI=1S/C25H25ClN2O6/c1-31-11-9-27(25(30)19-4-2-5-20(26)13-19)16-24(29)28(15-21-6-3-10-32-21)14-18-7-8-22-23(12-18)34-17-33-22/h2-8,10,12-13H,9,11,14-17H2,1H3. The zero-order chi connectivity index (χ0) is 23.9. The first-order chi connectivity index (χ1) is 16.5. The van der Waals surface area contributed by atoms with Crippen molar-refractivity contribution in [3.05, 3.63) is 82.8 Å². The fourth-order valence-corrected chi connectivity index (χ4v) is 3.79. The highest BCUT2D eigenvalue weighted by atomic mass is 35.5. The molecule has 1 aromatic heterocycles. The fraction of sp³-hybridized carbons (Fsp3) is 0.280. The Balaban J connectivity index is 1.53. The Morgan fingerprint density at radius 1 is 1.00 bits per heavy atom. The summed E-state index contributed by atoms with van der Waals surface area (Å²) in [6.45, 7) is 1.16. The van der Waals surface area contributed by atoms with Gasteiger partial charge in [0.1, 0.15) is 12.3 Å². The van der Waals surface area contributed by atoms with Crippen LogP contribution in [0.4, 0.5) is 0 Å². The molecule has 0 saturated heterocycles. The Hall–Kier alpha value is -3.49. The van der Waals surface area contributed by atoms with Crippen molar-refractivity contribution >= 4 is 23.4 Å². The molecule has 0 bridgehead atoms. The van der Waals surface area contributed by atoms with Crippen LogP contribution < -0.4 is 9.47 Å². The largest absolute Gasteiger partial charge is 0.467 e. The molecule has 0 saturated carbocycles. The molecular weight excluding hydrogens is 460 g/mol. The topological polar surface area (TPSA) is 81.5 Å². The molecule has 8 nitrogen and oxygen atoms in total. The van der Waals surface area contributed by atoms with E-state index < -0.39 is 0 Å². The summed E-state index contributed by atoms with van der Waals surface area (Å²) in [5, 5.41) is 0.450. The maximum Gasteiger partial charge on any atom is 0.254 e. The van der Waals surface area contributed by atoms with E-state index in [9.17, 15) is 9.59 Å². The summed E-state index contributed by atoms with van der Waals surface area (Å²) in [5.41, 5.74) is 1.28. The number of amides is 2. The van der Waals surface area contributed by atoms with E-state index in [-0.39, 0.29) is 38.2 Å². The van der Waals surface area contributed by atoms with Crippen LogP contribution in [0.25, 0.3) is 0 Å². The Bertz CT molecular complexity index is 1130. The number of hydrogen-bond acceptors (Lipinski definition) is 6. The molecule has 1 aliphatic heterocycles. The minimum atomic E-state index is -0.297. The van der Waals surface area contributed by atoms with E-state index in [1.807, 2.05) is 18.2 Å². The Morgan fingerprint density at radius 3 is 2.62 bits per heavy atom. The highest BCUT2D eigenvalue weighted by molar-refractivity contribution is 6.31. The molecule has 34 heavy (non-hydrogen) atoms. The lowest BCUT2D eigenvalue weighted by Crippen LogP contribution is -2.43. The van der Waals surface area contributed by atoms with E-state index in [1.54, 1.807) is 54.7 Å². The number of halogens is 1. The van der Waals surface area contributed by atoms with E-state index in [4.69, 9.17) is 30.2 Å². The Morgan fingerprint density at radius 2 is 1.85 bits per heavy atom. The SMILES string of the molecule is COCCN(CC(=O)N(Cc1ccc2c(c1)OCO2)Cc1ccco1)C(=O)c1cccc(Cl)c1. The van der Waals surface area contributed by atoms with Gasteiger partial charge in [-0.2, -0.15) is 0 Å². The lowest BCUT2D eigenvalue weighted by Gasteiger charge is -2.27. The maximum atomic E-state index is 13.5. The summed E-state index contributed by atoms with van der Waals surface area (Å²) in [4.78, 5) is 29.7. The average Bonchev–Trinajstić information content (AvgIpc) is 3.52. The van der Waals surface area contributed by atoms with Crippen molar-refractivity contribution in [1.82, 2.24) is 9.80 Å². The quantitative estimate of drug-likeness (QED) is 0.433. The van der Waals surface area contributed by atoms with Crippen LogP contribution in [0, 0.1) is 0 Å². The number of methoxy groups -OCH3 is 1. The van der Waals surface area contributed by atoms with Crippen molar-refractivity contribution in [2.45, 2.75) is 13.1 Å². The van der Waals surface area contributed by atoms with Gasteiger partial charge in [0, 0.05) is 30.8 Å². The van der Waals surface area contributed by atoms with Crippen molar-refractivity contribution in [3.8, 4) is 11.5 Å². The molecule has 0 atom stereocenters. The molecule has 0 fully saturated rings. The molecule has 0 aliphatic carbocycles. The third-order valence-corrected chi connectivity index (χ3v) is 5.58. The van der Waals surface area contributed by atoms with Gasteiger partial charge < -0.3 is 28.4 Å². The van der Waals surface area contributed by atoms with E-state index in [2.05, 4.69) is 0 Å². The summed E-state index contributed by atoms with van der Waals surface area (Å²) in [5.74, 6) is 1.42. The van der Waals surface area contributed by atoms with Crippen molar-refractivity contribution in [2.75, 3.05) is 33.6 Å². The number of ether oxygens (including phenoxy) is 3. The number of nitrogens with zero attached hydrogens (tertiary/aromatic N) is 2. The van der Waals surface area contributed by atoms with Gasteiger partial charge >= 0.3 is 0 Å². The van der Waals surface area contributed by atoms with Gasteiger partial charge in [-0.25, -0.2) is 0 Å². The summed E-state index contributed by atoms with van der Waals surface area (Å²) in [6, 6.07) is 15.8. The van der Waals surface area contributed by atoms with Crippen LogP contribution in [-0.2, 0) is 22.6 Å². The van der Waals surface area contributed by atoms with E-state index in [0.29, 0.717) is 41.0 Å². The summed E-state index contributed by atoms with van der Waals surface area (Å²) in [6.07, 6.45) is 1.56. The third-order valence-electron chi connectivity index (χ3n) is 5.34. The summed E-state index contributed by atoms with van der Waals surface area (Å²) >= 11 is 6.06. The van der Waals surface area contributed by atoms with E-state index >= 15 is 0 Å². The van der Waals surface area contributed by atoms with Gasteiger partial charge in [0.2, 0.25) is 12.7 Å². The van der Waals surface area contributed by atoms with Gasteiger partial charge in [0.25, 0.3) is 5.91 Å². The van der Waals surface area contributed by atoms with Gasteiger partial charge in [-0.3, -0.25) is 9.59 Å². The van der Waals surface area contributed by atoms with Crippen LogP contribution in [0.15, 0.2) is 65.3 Å². The van der Waals surface area contributed by atoms with Crippen LogP contribution >= 0.6 is 11.6 Å². The van der Waals surface area contributed by atoms with Gasteiger partial charge in [-0.15, -0.1) is 0 Å². The first-order valence-electron chi connectivity index (χ1n) is 10.8. The zero-order valence-electron chi connectivity index (χ0n) is 18.7. The van der Waals surface area contributed by atoms with Crippen LogP contribution in [0.3, 0.4) is 0 Å². The molecule has 2 amide bonds. The maximum absolute atomic E-state index is 13.5. The lowest BCUT2D eigenvalue weighted by atomic mass is 10.1. The monoisotopic (exact) mass is 484 g/mol. The van der Waals surface area contributed by atoms with Crippen LogP contribution in [0.1, 0.15) is 21.7 Å². The molecule has 178 valence electrons. The number of fused-ring (bicyclic) bond motifs is 1. The molecule has 0 N–H and O–H groups in total. The molecule has 2 aromatic carbocycles. The van der Waals surface area contributed by atoms with Gasteiger partial charge in [-0.1, -0.05) is 23.7 Å². The normalized spacial score (nSPS) is 11.9. The molecule has 2 heterocycles. The molecule has 0 radical (unpaired) electrons. The van der Waals surface area contributed by atoms with Gasteiger partial charge in [0.15, 0.2) is 11.5 Å². The first kappa shape index (κ1) is 23.7. The Labute approximate surface area is 202 Å². The summed E-state index contributed by atoms with van der Waals surface area (Å²) in [7, 11) is 1.55. The van der Waals surface area contributed by atoms with Crippen LogP contribution in [0.5, 0.6) is 11.5 Å². The predicted octanol–water partition coefficient (Wildman–Crippen LogP) is 3.98. The second-order valence-corrected chi connectivity index (χ2v) is 8.18. The van der Waals surface area contributed by atoms with Gasteiger partial charge in [0.05, 0.1) is 19.4 Å².